The van der Waals surface area contributed by atoms with Crippen molar-refractivity contribution < 1.29 is 21.9 Å². The van der Waals surface area contributed by atoms with Gasteiger partial charge in [-0.1, -0.05) is 19.4 Å². The topological polar surface area (TPSA) is 61.1 Å². The van der Waals surface area contributed by atoms with Crippen molar-refractivity contribution in [2.24, 2.45) is 0 Å². The minimum Gasteiger partial charge on any atom is -0.746 e. The minimum absolute atomic E-state index is 1.15. The molecule has 0 N–H and O–H groups in total. The molecular formula is C10H16FNO3S. The Morgan fingerprint density at radius 2 is 1.75 bits per heavy atom. The fourth-order valence-corrected chi connectivity index (χ4v) is 0.924. The molecule has 92 valence electrons. The van der Waals surface area contributed by atoms with Gasteiger partial charge in [0, 0.05) is 18.6 Å². The molecule has 0 atom stereocenters. The van der Waals surface area contributed by atoms with Crippen LogP contribution in [0.2, 0.25) is 0 Å². The van der Waals surface area contributed by atoms with E-state index in [-0.39, 0.29) is 0 Å². The van der Waals surface area contributed by atoms with Gasteiger partial charge in [-0.15, -0.1) is 0 Å². The van der Waals surface area contributed by atoms with Crippen LogP contribution in [-0.2, 0) is 16.7 Å². The van der Waals surface area contributed by atoms with Crippen molar-refractivity contribution in [1.29, 1.82) is 0 Å². The first kappa shape index (κ1) is 15.0. The first-order chi connectivity index (χ1) is 7.49. The Morgan fingerprint density at radius 3 is 2.12 bits per heavy atom. The summed E-state index contributed by atoms with van der Waals surface area (Å²) in [5, 5.41) is 0. The van der Waals surface area contributed by atoms with E-state index in [1.807, 2.05) is 6.07 Å². The molecule has 0 amide bonds. The van der Waals surface area contributed by atoms with E-state index in [1.54, 1.807) is 0 Å². The molecule has 1 heterocycles. The quantitative estimate of drug-likeness (QED) is 0.595. The molecule has 16 heavy (non-hydrogen) atoms. The number of unbranched alkanes of at least 4 members (excludes halogenated alkanes) is 1. The zero-order valence-electron chi connectivity index (χ0n) is 9.17. The Hall–Kier alpha value is -1.01. The van der Waals surface area contributed by atoms with Gasteiger partial charge in [0.05, 0.1) is 0 Å². The van der Waals surface area contributed by atoms with Gasteiger partial charge in [-0.05, 0) is 0 Å². The lowest BCUT2D eigenvalue weighted by molar-refractivity contribution is -0.697. The maximum Gasteiger partial charge on any atom is 0.179 e. The SMILES string of the molecule is CCCC[n+]1ccccc1.O=S(=O)([O-])CF. The molecule has 0 aliphatic carbocycles. The standard InChI is InChI=1S/C9H14N.CH3FO3S/c1-2-3-7-10-8-5-4-6-9-10;2-1-6(3,4)5/h4-6,8-9H,2-3,7H2,1H3;1H2,(H,3,4,5)/q+1;/p-1. The van der Waals surface area contributed by atoms with Gasteiger partial charge in [-0.2, -0.15) is 0 Å². The van der Waals surface area contributed by atoms with Crippen molar-refractivity contribution in [3.63, 3.8) is 0 Å². The van der Waals surface area contributed by atoms with Crippen molar-refractivity contribution in [2.45, 2.75) is 26.3 Å². The summed E-state index contributed by atoms with van der Waals surface area (Å²) in [6, 6.07) is 4.36. The van der Waals surface area contributed by atoms with E-state index < -0.39 is 16.1 Å². The molecule has 0 radical (unpaired) electrons. The molecule has 0 aromatic carbocycles. The lowest BCUT2D eigenvalue weighted by atomic mass is 10.3. The number of alkyl halides is 1. The second kappa shape index (κ2) is 8.18. The lowest BCUT2D eigenvalue weighted by Gasteiger charge is -1.94. The van der Waals surface area contributed by atoms with E-state index in [0.717, 1.165) is 6.54 Å². The van der Waals surface area contributed by atoms with Crippen LogP contribution in [0.5, 0.6) is 0 Å². The molecule has 1 aromatic heterocycles. The summed E-state index contributed by atoms with van der Waals surface area (Å²) in [6.45, 7) is 3.36. The molecule has 0 saturated heterocycles. The van der Waals surface area contributed by atoms with Gasteiger partial charge in [-0.25, -0.2) is 17.4 Å². The molecule has 0 bridgehead atoms. The number of rotatable bonds is 4. The maximum atomic E-state index is 10.6. The predicted molar refractivity (Wildman–Crippen MR) is 57.2 cm³/mol. The molecule has 0 spiro atoms. The van der Waals surface area contributed by atoms with Gasteiger partial charge < -0.3 is 4.55 Å². The first-order valence-corrected chi connectivity index (χ1v) is 6.51. The van der Waals surface area contributed by atoms with Crippen LogP contribution in [-0.4, -0.2) is 19.0 Å². The van der Waals surface area contributed by atoms with Crippen LogP contribution in [0.4, 0.5) is 4.39 Å². The molecule has 6 heteroatoms. The van der Waals surface area contributed by atoms with E-state index in [9.17, 15) is 4.39 Å². The van der Waals surface area contributed by atoms with Crippen LogP contribution in [0.25, 0.3) is 0 Å². The number of halogens is 1. The Morgan fingerprint density at radius 1 is 1.25 bits per heavy atom. The van der Waals surface area contributed by atoms with E-state index in [1.165, 1.54) is 12.8 Å². The summed E-state index contributed by atoms with van der Waals surface area (Å²) in [5.41, 5.74) is 0. The van der Waals surface area contributed by atoms with Crippen molar-refractivity contribution in [1.82, 2.24) is 0 Å². The van der Waals surface area contributed by atoms with E-state index in [0.29, 0.717) is 0 Å². The monoisotopic (exact) mass is 249 g/mol. The summed E-state index contributed by atoms with van der Waals surface area (Å²) in [5.74, 6) is 0. The van der Waals surface area contributed by atoms with Crippen molar-refractivity contribution >= 4 is 10.1 Å². The van der Waals surface area contributed by atoms with E-state index in [4.69, 9.17) is 13.0 Å². The number of aryl methyl sites for hydroxylation is 1. The summed E-state index contributed by atoms with van der Waals surface area (Å²) in [6.07, 6.45) is 6.75. The van der Waals surface area contributed by atoms with E-state index >= 15 is 0 Å². The van der Waals surface area contributed by atoms with Crippen LogP contribution >= 0.6 is 0 Å². The second-order valence-electron chi connectivity index (χ2n) is 3.13. The maximum absolute atomic E-state index is 10.6. The molecule has 1 rings (SSSR count). The second-order valence-corrected chi connectivity index (χ2v) is 4.47. The Balaban J connectivity index is 0.000000325. The van der Waals surface area contributed by atoms with Gasteiger partial charge in [0.25, 0.3) is 0 Å². The average Bonchev–Trinajstić information content (AvgIpc) is 2.28. The number of hydrogen-bond donors (Lipinski definition) is 0. The predicted octanol–water partition coefficient (Wildman–Crippen LogP) is 1.23. The third-order valence-electron chi connectivity index (χ3n) is 1.68. The third-order valence-corrected chi connectivity index (χ3v) is 1.95. The molecule has 4 nitrogen and oxygen atoms in total. The van der Waals surface area contributed by atoms with Crippen LogP contribution < -0.4 is 4.57 Å². The third kappa shape index (κ3) is 9.54. The van der Waals surface area contributed by atoms with Gasteiger partial charge in [-0.3, -0.25) is 0 Å². The summed E-state index contributed by atoms with van der Waals surface area (Å²) < 4.78 is 40.0. The van der Waals surface area contributed by atoms with Crippen LogP contribution in [0.15, 0.2) is 30.6 Å². The normalized spacial score (nSPS) is 10.4. The molecule has 0 saturated carbocycles. The lowest BCUT2D eigenvalue weighted by Crippen LogP contribution is -2.31. The number of aromatic nitrogens is 1. The number of hydrogen-bond acceptors (Lipinski definition) is 3. The summed E-state index contributed by atoms with van der Waals surface area (Å²) >= 11 is 0. The van der Waals surface area contributed by atoms with Crippen LogP contribution in [0, 0.1) is 0 Å². The van der Waals surface area contributed by atoms with Crippen molar-refractivity contribution in [3.05, 3.63) is 30.6 Å². The molecule has 1 aromatic rings. The smallest absolute Gasteiger partial charge is 0.179 e. The minimum atomic E-state index is -4.58. The fourth-order valence-electron chi connectivity index (χ4n) is 0.924. The first-order valence-electron chi connectivity index (χ1n) is 4.93. The highest BCUT2D eigenvalue weighted by molar-refractivity contribution is 7.85. The fraction of sp³-hybridized carbons (Fsp3) is 0.500. The Bertz CT molecular complexity index is 367. The summed E-state index contributed by atoms with van der Waals surface area (Å²) in [4.78, 5) is 0. The largest absolute Gasteiger partial charge is 0.746 e. The molecular weight excluding hydrogens is 233 g/mol. The van der Waals surface area contributed by atoms with Crippen molar-refractivity contribution in [2.75, 3.05) is 6.01 Å². The summed E-state index contributed by atoms with van der Waals surface area (Å²) in [7, 11) is -4.58. The highest BCUT2D eigenvalue weighted by Gasteiger charge is 1.93. The van der Waals surface area contributed by atoms with Crippen LogP contribution in [0.1, 0.15) is 19.8 Å². The molecule has 0 aliphatic heterocycles. The molecule has 0 fully saturated rings. The highest BCUT2D eigenvalue weighted by Crippen LogP contribution is 1.85. The van der Waals surface area contributed by atoms with Gasteiger partial charge in [0.1, 0.15) is 16.7 Å². The van der Waals surface area contributed by atoms with Crippen LogP contribution in [0.3, 0.4) is 0 Å². The molecule has 0 aliphatic rings. The molecule has 0 unspecified atom stereocenters. The zero-order valence-corrected chi connectivity index (χ0v) is 9.99. The number of nitrogens with zero attached hydrogens (tertiary/aromatic N) is 1. The number of pyridine rings is 1. The Labute approximate surface area is 95.5 Å². The Kier molecular flexibility index (Phi) is 7.66. The van der Waals surface area contributed by atoms with Gasteiger partial charge in [0.2, 0.25) is 0 Å². The van der Waals surface area contributed by atoms with Gasteiger partial charge >= 0.3 is 0 Å². The van der Waals surface area contributed by atoms with Crippen molar-refractivity contribution in [3.8, 4) is 0 Å². The highest BCUT2D eigenvalue weighted by atomic mass is 32.2. The zero-order chi connectivity index (χ0) is 12.4. The van der Waals surface area contributed by atoms with E-state index in [2.05, 4.69) is 36.0 Å². The van der Waals surface area contributed by atoms with Gasteiger partial charge in [0.15, 0.2) is 18.4 Å². The average molecular weight is 249 g/mol.